The van der Waals surface area contributed by atoms with Crippen molar-refractivity contribution < 1.29 is 0 Å². The predicted molar refractivity (Wildman–Crippen MR) is 116 cm³/mol. The second-order valence-corrected chi connectivity index (χ2v) is 7.11. The summed E-state index contributed by atoms with van der Waals surface area (Å²) in [6.07, 6.45) is 0. The van der Waals surface area contributed by atoms with Gasteiger partial charge in [0.15, 0.2) is 0 Å². The molecule has 0 radical (unpaired) electrons. The molecule has 28 heavy (non-hydrogen) atoms. The fourth-order valence-electron chi connectivity index (χ4n) is 4.02. The highest BCUT2D eigenvalue weighted by atomic mass is 16.1. The number of hydrogen-bond acceptors (Lipinski definition) is 1. The summed E-state index contributed by atoms with van der Waals surface area (Å²) in [6.45, 7) is 0.671. The van der Waals surface area contributed by atoms with Crippen LogP contribution in [0.4, 0.5) is 0 Å². The molecule has 5 aromatic rings. The van der Waals surface area contributed by atoms with Crippen molar-refractivity contribution in [2.24, 2.45) is 7.05 Å². The Labute approximate surface area is 163 Å². The summed E-state index contributed by atoms with van der Waals surface area (Å²) in [5, 5.41) is 2.12. The highest BCUT2D eigenvalue weighted by molar-refractivity contribution is 6.08. The van der Waals surface area contributed by atoms with E-state index in [-0.39, 0.29) is 5.56 Å². The molecule has 0 unspecified atom stereocenters. The maximum Gasteiger partial charge on any atom is 0.275 e. The van der Waals surface area contributed by atoms with E-state index in [1.165, 1.54) is 5.56 Å². The van der Waals surface area contributed by atoms with Gasteiger partial charge in [-0.1, -0.05) is 78.9 Å². The molecule has 2 aromatic heterocycles. The van der Waals surface area contributed by atoms with E-state index in [0.29, 0.717) is 6.54 Å². The molecule has 0 amide bonds. The Kier molecular flexibility index (Phi) is 3.87. The molecule has 0 fully saturated rings. The van der Waals surface area contributed by atoms with Crippen LogP contribution in [0.25, 0.3) is 33.1 Å². The Morgan fingerprint density at radius 3 is 2.14 bits per heavy atom. The highest BCUT2D eigenvalue weighted by Crippen LogP contribution is 2.30. The summed E-state index contributed by atoms with van der Waals surface area (Å²) in [5.74, 6) is 0. The van der Waals surface area contributed by atoms with Gasteiger partial charge in [-0.3, -0.25) is 4.79 Å². The minimum absolute atomic E-state index is 0.0310. The molecule has 0 N–H and O–H groups in total. The molecular formula is C25H20N2O. The first kappa shape index (κ1) is 16.6. The van der Waals surface area contributed by atoms with Crippen LogP contribution in [-0.2, 0) is 13.6 Å². The largest absolute Gasteiger partial charge is 0.331 e. The maximum absolute atomic E-state index is 13.4. The van der Waals surface area contributed by atoms with Crippen LogP contribution in [0.3, 0.4) is 0 Å². The first-order valence-corrected chi connectivity index (χ1v) is 9.44. The van der Waals surface area contributed by atoms with Gasteiger partial charge in [0.2, 0.25) is 0 Å². The van der Waals surface area contributed by atoms with E-state index >= 15 is 0 Å². The molecule has 5 rings (SSSR count). The van der Waals surface area contributed by atoms with Gasteiger partial charge in [0.1, 0.15) is 5.52 Å². The van der Waals surface area contributed by atoms with Crippen LogP contribution in [0.5, 0.6) is 0 Å². The lowest BCUT2D eigenvalue weighted by Gasteiger charge is -2.11. The Morgan fingerprint density at radius 1 is 0.750 bits per heavy atom. The summed E-state index contributed by atoms with van der Waals surface area (Å²) in [4.78, 5) is 13.4. The van der Waals surface area contributed by atoms with Crippen LogP contribution in [0.2, 0.25) is 0 Å². The van der Waals surface area contributed by atoms with Gasteiger partial charge in [-0.05, 0) is 23.3 Å². The summed E-state index contributed by atoms with van der Waals surface area (Å²) >= 11 is 0. The average Bonchev–Trinajstić information content (AvgIpc) is 3.06. The summed E-state index contributed by atoms with van der Waals surface area (Å²) < 4.78 is 3.91. The monoisotopic (exact) mass is 364 g/mol. The van der Waals surface area contributed by atoms with E-state index in [4.69, 9.17) is 0 Å². The van der Waals surface area contributed by atoms with Gasteiger partial charge in [-0.25, -0.2) is 0 Å². The Hall–Kier alpha value is -3.59. The van der Waals surface area contributed by atoms with E-state index in [2.05, 4.69) is 34.9 Å². The standard InChI is InChI=1S/C25H20N2O/c1-26-23(19-12-6-3-7-13-19)16-21-20-14-8-9-15-22(20)27(24(21)25(26)28)17-18-10-4-2-5-11-18/h2-16H,17H2,1H3. The van der Waals surface area contributed by atoms with Crippen molar-refractivity contribution in [1.29, 1.82) is 0 Å². The highest BCUT2D eigenvalue weighted by Gasteiger charge is 2.17. The number of rotatable bonds is 3. The van der Waals surface area contributed by atoms with Crippen LogP contribution in [-0.4, -0.2) is 9.13 Å². The number of hydrogen-bond donors (Lipinski definition) is 0. The number of fused-ring (bicyclic) bond motifs is 3. The topological polar surface area (TPSA) is 26.9 Å². The van der Waals surface area contributed by atoms with Gasteiger partial charge in [-0.2, -0.15) is 0 Å². The van der Waals surface area contributed by atoms with Crippen molar-refractivity contribution in [3.63, 3.8) is 0 Å². The van der Waals surface area contributed by atoms with Gasteiger partial charge in [0.05, 0.1) is 5.69 Å². The van der Waals surface area contributed by atoms with E-state index in [1.807, 2.05) is 67.7 Å². The second-order valence-electron chi connectivity index (χ2n) is 7.11. The zero-order valence-corrected chi connectivity index (χ0v) is 15.7. The third-order valence-corrected chi connectivity index (χ3v) is 5.41. The molecule has 3 aromatic carbocycles. The molecular weight excluding hydrogens is 344 g/mol. The second kappa shape index (κ2) is 6.54. The Bertz CT molecular complexity index is 1350. The molecule has 0 spiro atoms. The number of pyridine rings is 1. The van der Waals surface area contributed by atoms with Crippen molar-refractivity contribution in [3.8, 4) is 11.3 Å². The van der Waals surface area contributed by atoms with Gasteiger partial charge in [0.25, 0.3) is 5.56 Å². The van der Waals surface area contributed by atoms with Crippen LogP contribution >= 0.6 is 0 Å². The van der Waals surface area contributed by atoms with E-state index in [0.717, 1.165) is 33.1 Å². The molecule has 0 saturated heterocycles. The van der Waals surface area contributed by atoms with Crippen LogP contribution < -0.4 is 5.56 Å². The minimum Gasteiger partial charge on any atom is -0.331 e. The third kappa shape index (κ3) is 2.55. The van der Waals surface area contributed by atoms with Crippen LogP contribution in [0, 0.1) is 0 Å². The molecule has 0 bridgehead atoms. The van der Waals surface area contributed by atoms with Gasteiger partial charge in [0, 0.05) is 29.9 Å². The fraction of sp³-hybridized carbons (Fsp3) is 0.0800. The fourth-order valence-corrected chi connectivity index (χ4v) is 4.02. The van der Waals surface area contributed by atoms with Crippen molar-refractivity contribution >= 4 is 21.8 Å². The van der Waals surface area contributed by atoms with Crippen LogP contribution in [0.15, 0.2) is 95.8 Å². The zero-order valence-electron chi connectivity index (χ0n) is 15.7. The summed E-state index contributed by atoms with van der Waals surface area (Å²) in [5.41, 5.74) is 5.03. The molecule has 136 valence electrons. The smallest absolute Gasteiger partial charge is 0.275 e. The van der Waals surface area contributed by atoms with Crippen molar-refractivity contribution in [2.45, 2.75) is 6.54 Å². The lowest BCUT2D eigenvalue weighted by Crippen LogP contribution is -2.21. The number of nitrogens with zero attached hydrogens (tertiary/aromatic N) is 2. The first-order valence-electron chi connectivity index (χ1n) is 9.44. The molecule has 3 heteroatoms. The van der Waals surface area contributed by atoms with Crippen molar-refractivity contribution in [1.82, 2.24) is 9.13 Å². The molecule has 0 aliphatic rings. The van der Waals surface area contributed by atoms with Gasteiger partial charge in [-0.15, -0.1) is 0 Å². The predicted octanol–water partition coefficient (Wildman–Crippen LogP) is 5.21. The third-order valence-electron chi connectivity index (χ3n) is 5.41. The molecule has 3 nitrogen and oxygen atoms in total. The molecule has 0 saturated carbocycles. The van der Waals surface area contributed by atoms with E-state index in [9.17, 15) is 4.79 Å². The van der Waals surface area contributed by atoms with E-state index < -0.39 is 0 Å². The van der Waals surface area contributed by atoms with Crippen LogP contribution in [0.1, 0.15) is 5.56 Å². The number of aromatic nitrogens is 2. The molecule has 0 aliphatic carbocycles. The maximum atomic E-state index is 13.4. The zero-order chi connectivity index (χ0) is 19.1. The van der Waals surface area contributed by atoms with E-state index in [1.54, 1.807) is 4.57 Å². The first-order chi connectivity index (χ1) is 13.7. The quantitative estimate of drug-likeness (QED) is 0.432. The summed E-state index contributed by atoms with van der Waals surface area (Å²) in [7, 11) is 1.86. The molecule has 0 atom stereocenters. The molecule has 2 heterocycles. The normalized spacial score (nSPS) is 11.3. The SMILES string of the molecule is Cn1c(-c2ccccc2)cc2c3ccccc3n(Cc3ccccc3)c2c1=O. The number of benzene rings is 3. The van der Waals surface area contributed by atoms with Gasteiger partial charge < -0.3 is 9.13 Å². The van der Waals surface area contributed by atoms with Gasteiger partial charge >= 0.3 is 0 Å². The minimum atomic E-state index is 0.0310. The Morgan fingerprint density at radius 2 is 1.39 bits per heavy atom. The lowest BCUT2D eigenvalue weighted by molar-refractivity contribution is 0.831. The Balaban J connectivity index is 1.85. The van der Waals surface area contributed by atoms with Crippen molar-refractivity contribution in [3.05, 3.63) is 107 Å². The number of para-hydroxylation sites is 1. The summed E-state index contributed by atoms with van der Waals surface area (Å²) in [6, 6.07) is 30.8. The molecule has 0 aliphatic heterocycles. The lowest BCUT2D eigenvalue weighted by atomic mass is 10.1. The average molecular weight is 364 g/mol. The van der Waals surface area contributed by atoms with Crippen molar-refractivity contribution in [2.75, 3.05) is 0 Å².